The number of fused-ring (bicyclic) bond motifs is 1. The number of nitrogens with one attached hydrogen (secondary N) is 2. The van der Waals surface area contributed by atoms with E-state index in [4.69, 9.17) is 4.42 Å². The number of thiazole rings is 1. The standard InChI is InChI=1S/C17H21N5O2S/c1-10(15-18-9-11(2)25-15)8-19-16(23)20-12-5-6-14-13(7-12)21-17(24-14)22(3)4/h5-7,9-10H,8H2,1-4H3,(H2,19,20,23). The van der Waals surface area contributed by atoms with Gasteiger partial charge in [0.25, 0.3) is 6.01 Å². The molecular formula is C17H21N5O2S. The van der Waals surface area contributed by atoms with Gasteiger partial charge in [-0.25, -0.2) is 9.78 Å². The van der Waals surface area contributed by atoms with Crippen molar-refractivity contribution >= 4 is 40.2 Å². The maximum Gasteiger partial charge on any atom is 0.319 e. The third-order valence-corrected chi connectivity index (χ3v) is 4.79. The summed E-state index contributed by atoms with van der Waals surface area (Å²) in [5.41, 5.74) is 2.05. The second kappa shape index (κ2) is 7.10. The third kappa shape index (κ3) is 4.08. The number of aryl methyl sites for hydroxylation is 1. The third-order valence-electron chi connectivity index (χ3n) is 3.65. The smallest absolute Gasteiger partial charge is 0.319 e. The zero-order valence-electron chi connectivity index (χ0n) is 14.7. The van der Waals surface area contributed by atoms with E-state index in [1.807, 2.05) is 34.1 Å². The largest absolute Gasteiger partial charge is 0.423 e. The highest BCUT2D eigenvalue weighted by molar-refractivity contribution is 7.11. The molecule has 0 saturated carbocycles. The van der Waals surface area contributed by atoms with E-state index in [1.165, 1.54) is 4.88 Å². The number of rotatable bonds is 5. The first-order valence-corrected chi connectivity index (χ1v) is 8.79. The lowest BCUT2D eigenvalue weighted by molar-refractivity contribution is 0.251. The number of carbonyl (C=O) groups is 1. The van der Waals surface area contributed by atoms with E-state index in [2.05, 4.69) is 20.6 Å². The van der Waals surface area contributed by atoms with E-state index in [-0.39, 0.29) is 11.9 Å². The highest BCUT2D eigenvalue weighted by atomic mass is 32.1. The van der Waals surface area contributed by atoms with Gasteiger partial charge in [0.1, 0.15) is 5.52 Å². The summed E-state index contributed by atoms with van der Waals surface area (Å²) >= 11 is 1.65. The average Bonchev–Trinajstić information content (AvgIpc) is 3.18. The molecule has 1 aromatic carbocycles. The molecule has 0 fully saturated rings. The van der Waals surface area contributed by atoms with Gasteiger partial charge in [-0.05, 0) is 25.1 Å². The van der Waals surface area contributed by atoms with Crippen LogP contribution in [0.2, 0.25) is 0 Å². The van der Waals surface area contributed by atoms with Crippen LogP contribution in [0.25, 0.3) is 11.1 Å². The lowest BCUT2D eigenvalue weighted by Crippen LogP contribution is -2.31. The van der Waals surface area contributed by atoms with Crippen molar-refractivity contribution < 1.29 is 9.21 Å². The van der Waals surface area contributed by atoms with Crippen molar-refractivity contribution in [3.05, 3.63) is 34.3 Å². The highest BCUT2D eigenvalue weighted by Gasteiger charge is 2.12. The summed E-state index contributed by atoms with van der Waals surface area (Å²) in [4.78, 5) is 23.8. The number of amides is 2. The molecule has 3 aromatic rings. The molecule has 2 heterocycles. The van der Waals surface area contributed by atoms with Crippen LogP contribution >= 0.6 is 11.3 Å². The van der Waals surface area contributed by atoms with Crippen LogP contribution < -0.4 is 15.5 Å². The Morgan fingerprint density at radius 3 is 2.88 bits per heavy atom. The highest BCUT2D eigenvalue weighted by Crippen LogP contribution is 2.24. The number of benzene rings is 1. The van der Waals surface area contributed by atoms with Crippen molar-refractivity contribution in [1.29, 1.82) is 0 Å². The fourth-order valence-electron chi connectivity index (χ4n) is 2.29. The lowest BCUT2D eigenvalue weighted by atomic mass is 10.2. The van der Waals surface area contributed by atoms with Crippen LogP contribution in [0.1, 0.15) is 22.7 Å². The van der Waals surface area contributed by atoms with E-state index >= 15 is 0 Å². The summed E-state index contributed by atoms with van der Waals surface area (Å²) < 4.78 is 5.60. The number of hydrogen-bond donors (Lipinski definition) is 2. The summed E-state index contributed by atoms with van der Waals surface area (Å²) in [7, 11) is 3.73. The summed E-state index contributed by atoms with van der Waals surface area (Å²) in [6, 6.07) is 5.66. The van der Waals surface area contributed by atoms with Crippen LogP contribution in [0.5, 0.6) is 0 Å². The summed E-state index contributed by atoms with van der Waals surface area (Å²) in [6.45, 7) is 4.59. The summed E-state index contributed by atoms with van der Waals surface area (Å²) in [6.07, 6.45) is 1.85. The van der Waals surface area contributed by atoms with E-state index in [9.17, 15) is 4.79 Å². The van der Waals surface area contributed by atoms with Crippen LogP contribution in [0.15, 0.2) is 28.8 Å². The monoisotopic (exact) mass is 359 g/mol. The van der Waals surface area contributed by atoms with Gasteiger partial charge in [0, 0.05) is 43.3 Å². The molecule has 2 aromatic heterocycles. The lowest BCUT2D eigenvalue weighted by Gasteiger charge is -2.11. The van der Waals surface area contributed by atoms with Gasteiger partial charge in [0.05, 0.1) is 5.01 Å². The van der Waals surface area contributed by atoms with E-state index < -0.39 is 0 Å². The van der Waals surface area contributed by atoms with Gasteiger partial charge in [-0.2, -0.15) is 4.98 Å². The Morgan fingerprint density at radius 1 is 1.40 bits per heavy atom. The van der Waals surface area contributed by atoms with Gasteiger partial charge in [-0.15, -0.1) is 11.3 Å². The van der Waals surface area contributed by atoms with Crippen LogP contribution in [-0.2, 0) is 0 Å². The van der Waals surface area contributed by atoms with Gasteiger partial charge in [-0.1, -0.05) is 6.92 Å². The minimum Gasteiger partial charge on any atom is -0.423 e. The Bertz CT molecular complexity index is 886. The van der Waals surface area contributed by atoms with E-state index in [1.54, 1.807) is 34.4 Å². The van der Waals surface area contributed by atoms with Gasteiger partial charge in [-0.3, -0.25) is 0 Å². The molecular weight excluding hydrogens is 338 g/mol. The van der Waals surface area contributed by atoms with Crippen molar-refractivity contribution in [2.45, 2.75) is 19.8 Å². The average molecular weight is 359 g/mol. The maximum absolute atomic E-state index is 12.1. The van der Waals surface area contributed by atoms with Crippen LogP contribution in [0.3, 0.4) is 0 Å². The first-order chi connectivity index (χ1) is 11.9. The predicted molar refractivity (Wildman–Crippen MR) is 101 cm³/mol. The minimum atomic E-state index is -0.254. The van der Waals surface area contributed by atoms with Crippen LogP contribution in [0, 0.1) is 6.92 Å². The van der Waals surface area contributed by atoms with E-state index in [0.29, 0.717) is 29.3 Å². The topological polar surface area (TPSA) is 83.3 Å². The number of nitrogens with zero attached hydrogens (tertiary/aromatic N) is 3. The molecule has 0 saturated heterocycles. The molecule has 0 aliphatic carbocycles. The minimum absolute atomic E-state index is 0.171. The van der Waals surface area contributed by atoms with Crippen molar-refractivity contribution in [3.8, 4) is 0 Å². The number of oxazole rings is 1. The zero-order chi connectivity index (χ0) is 18.0. The Hall–Kier alpha value is -2.61. The molecule has 0 bridgehead atoms. The fourth-order valence-corrected chi connectivity index (χ4v) is 3.12. The molecule has 1 unspecified atom stereocenters. The Kier molecular flexibility index (Phi) is 4.89. The van der Waals surface area contributed by atoms with Crippen molar-refractivity contribution in [1.82, 2.24) is 15.3 Å². The number of aromatic nitrogens is 2. The Morgan fingerprint density at radius 2 is 2.20 bits per heavy atom. The maximum atomic E-state index is 12.1. The second-order valence-electron chi connectivity index (χ2n) is 6.12. The van der Waals surface area contributed by atoms with Gasteiger partial charge >= 0.3 is 6.03 Å². The second-order valence-corrected chi connectivity index (χ2v) is 7.38. The first kappa shape index (κ1) is 17.2. The van der Waals surface area contributed by atoms with Crippen molar-refractivity contribution in [3.63, 3.8) is 0 Å². The quantitative estimate of drug-likeness (QED) is 0.727. The molecule has 7 nitrogen and oxygen atoms in total. The number of anilines is 2. The van der Waals surface area contributed by atoms with Gasteiger partial charge in [0.2, 0.25) is 0 Å². The molecule has 0 aliphatic rings. The first-order valence-electron chi connectivity index (χ1n) is 7.97. The Labute approximate surface area is 150 Å². The van der Waals surface area contributed by atoms with Crippen molar-refractivity contribution in [2.24, 2.45) is 0 Å². The van der Waals surface area contributed by atoms with E-state index in [0.717, 1.165) is 5.01 Å². The molecule has 0 radical (unpaired) electrons. The number of hydrogen-bond acceptors (Lipinski definition) is 6. The molecule has 25 heavy (non-hydrogen) atoms. The van der Waals surface area contributed by atoms with Gasteiger partial charge in [0.15, 0.2) is 5.58 Å². The van der Waals surface area contributed by atoms with Crippen molar-refractivity contribution in [2.75, 3.05) is 30.9 Å². The number of urea groups is 1. The molecule has 0 aliphatic heterocycles. The molecule has 3 rings (SSSR count). The molecule has 2 N–H and O–H groups in total. The SMILES string of the molecule is Cc1cnc(C(C)CNC(=O)Nc2ccc3oc(N(C)C)nc3c2)s1. The fraction of sp³-hybridized carbons (Fsp3) is 0.353. The van der Waals surface area contributed by atoms with Gasteiger partial charge < -0.3 is 20.0 Å². The molecule has 0 spiro atoms. The summed E-state index contributed by atoms with van der Waals surface area (Å²) in [5, 5.41) is 6.72. The zero-order valence-corrected chi connectivity index (χ0v) is 15.5. The molecule has 8 heteroatoms. The van der Waals surface area contributed by atoms with Crippen LogP contribution in [-0.4, -0.2) is 36.6 Å². The molecule has 2 amide bonds. The molecule has 132 valence electrons. The summed E-state index contributed by atoms with van der Waals surface area (Å²) in [5.74, 6) is 0.171. The van der Waals surface area contributed by atoms with Crippen LogP contribution in [0.4, 0.5) is 16.5 Å². The Balaban J connectivity index is 1.59. The molecule has 1 atom stereocenters. The normalized spacial score (nSPS) is 12.2. The predicted octanol–water partition coefficient (Wildman–Crippen LogP) is 3.58. The number of carbonyl (C=O) groups excluding carboxylic acids is 1.